The number of methoxy groups -OCH3 is 1. The Morgan fingerprint density at radius 2 is 2.22 bits per heavy atom. The summed E-state index contributed by atoms with van der Waals surface area (Å²) in [7, 11) is -1.49. The van der Waals surface area contributed by atoms with E-state index >= 15 is 0 Å². The summed E-state index contributed by atoms with van der Waals surface area (Å²) >= 11 is 0. The van der Waals surface area contributed by atoms with Crippen LogP contribution in [-0.2, 0) is 19.4 Å². The largest absolute Gasteiger partial charge is 0.468 e. The van der Waals surface area contributed by atoms with Crippen LogP contribution in [0.5, 0.6) is 0 Å². The van der Waals surface area contributed by atoms with Crippen molar-refractivity contribution in [3.05, 3.63) is 0 Å². The van der Waals surface area contributed by atoms with E-state index in [9.17, 15) is 13.2 Å². The molecule has 0 aromatic rings. The number of hydrogen-bond acceptors (Lipinski definition) is 5. The minimum atomic E-state index is -2.89. The van der Waals surface area contributed by atoms with Crippen molar-refractivity contribution in [3.8, 4) is 0 Å². The maximum atomic E-state index is 12.0. The van der Waals surface area contributed by atoms with Gasteiger partial charge in [-0.1, -0.05) is 0 Å². The lowest BCUT2D eigenvalue weighted by Gasteiger charge is -2.37. The van der Waals surface area contributed by atoms with Gasteiger partial charge in [0.2, 0.25) is 0 Å². The lowest BCUT2D eigenvalue weighted by molar-refractivity contribution is -0.150. The Hall–Kier alpha value is -0.620. The number of sulfone groups is 1. The van der Waals surface area contributed by atoms with Gasteiger partial charge in [0.15, 0.2) is 9.84 Å². The van der Waals surface area contributed by atoms with Crippen molar-refractivity contribution in [2.45, 2.75) is 37.6 Å². The minimum Gasteiger partial charge on any atom is -0.468 e. The van der Waals surface area contributed by atoms with Gasteiger partial charge < -0.3 is 10.1 Å². The molecule has 2 unspecified atom stereocenters. The second kappa shape index (κ2) is 5.17. The quantitative estimate of drug-likeness (QED) is 0.759. The molecule has 2 fully saturated rings. The number of ether oxygens (including phenoxy) is 1. The molecule has 0 amide bonds. The first-order valence-electron chi connectivity index (χ1n) is 6.51. The highest BCUT2D eigenvalue weighted by Gasteiger charge is 2.44. The first-order chi connectivity index (χ1) is 8.47. The molecule has 0 radical (unpaired) electrons. The molecule has 2 aliphatic heterocycles. The van der Waals surface area contributed by atoms with Gasteiger partial charge in [0.05, 0.1) is 18.6 Å². The molecular weight excluding hydrogens is 254 g/mol. The van der Waals surface area contributed by atoms with Crippen molar-refractivity contribution in [1.29, 1.82) is 0 Å². The first kappa shape index (κ1) is 13.8. The second-order valence-electron chi connectivity index (χ2n) is 5.43. The highest BCUT2D eigenvalue weighted by atomic mass is 32.2. The Kier molecular flexibility index (Phi) is 3.96. The molecule has 1 N–H and O–H groups in total. The highest BCUT2D eigenvalue weighted by Crippen LogP contribution is 2.32. The van der Waals surface area contributed by atoms with E-state index in [1.165, 1.54) is 7.11 Å². The molecule has 2 rings (SSSR count). The summed E-state index contributed by atoms with van der Waals surface area (Å²) in [4.78, 5) is 12.0. The number of nitrogens with one attached hydrogen (secondary N) is 1. The van der Waals surface area contributed by atoms with Gasteiger partial charge in [-0.25, -0.2) is 8.42 Å². The van der Waals surface area contributed by atoms with Gasteiger partial charge in [0.1, 0.15) is 5.54 Å². The molecule has 5 nitrogen and oxygen atoms in total. The summed E-state index contributed by atoms with van der Waals surface area (Å²) in [5, 5.41) is 3.27. The lowest BCUT2D eigenvalue weighted by atomic mass is 9.80. The smallest absolute Gasteiger partial charge is 0.326 e. The van der Waals surface area contributed by atoms with E-state index in [0.29, 0.717) is 12.8 Å². The molecule has 2 heterocycles. The van der Waals surface area contributed by atoms with Crippen LogP contribution in [0.3, 0.4) is 0 Å². The summed E-state index contributed by atoms with van der Waals surface area (Å²) in [6.45, 7) is 0.800. The summed E-state index contributed by atoms with van der Waals surface area (Å²) in [5.41, 5.74) is -0.655. The predicted octanol–water partition coefficient (Wildman–Crippen LogP) is 0.496. The van der Waals surface area contributed by atoms with Crippen LogP contribution in [0.1, 0.15) is 32.1 Å². The van der Waals surface area contributed by atoms with Crippen molar-refractivity contribution in [2.24, 2.45) is 5.92 Å². The van der Waals surface area contributed by atoms with E-state index < -0.39 is 15.4 Å². The van der Waals surface area contributed by atoms with Crippen LogP contribution in [0.2, 0.25) is 0 Å². The van der Waals surface area contributed by atoms with Crippen molar-refractivity contribution < 1.29 is 17.9 Å². The molecule has 18 heavy (non-hydrogen) atoms. The fourth-order valence-electron chi connectivity index (χ4n) is 3.12. The maximum Gasteiger partial charge on any atom is 0.326 e. The molecule has 6 heteroatoms. The molecule has 104 valence electrons. The normalized spacial score (nSPS) is 35.3. The zero-order valence-corrected chi connectivity index (χ0v) is 11.6. The zero-order valence-electron chi connectivity index (χ0n) is 10.8. The third-order valence-electron chi connectivity index (χ3n) is 4.03. The van der Waals surface area contributed by atoms with Gasteiger partial charge in [-0.05, 0) is 44.6 Å². The minimum absolute atomic E-state index is 0.0831. The molecule has 0 bridgehead atoms. The van der Waals surface area contributed by atoms with Crippen molar-refractivity contribution in [1.82, 2.24) is 5.32 Å². The van der Waals surface area contributed by atoms with Gasteiger partial charge in [0.25, 0.3) is 0 Å². The predicted molar refractivity (Wildman–Crippen MR) is 68.0 cm³/mol. The molecule has 0 aromatic heterocycles. The van der Waals surface area contributed by atoms with Gasteiger partial charge in [-0.15, -0.1) is 0 Å². The zero-order chi connectivity index (χ0) is 13.2. The van der Waals surface area contributed by atoms with Crippen molar-refractivity contribution in [3.63, 3.8) is 0 Å². The summed E-state index contributed by atoms with van der Waals surface area (Å²) < 4.78 is 27.9. The Morgan fingerprint density at radius 1 is 1.44 bits per heavy atom. The molecule has 0 aliphatic carbocycles. The standard InChI is InChI=1S/C12H21NO4S/c1-17-11(14)12(5-2-3-6-13-12)8-10-4-7-18(15,16)9-10/h10,13H,2-9H2,1H3. The monoisotopic (exact) mass is 275 g/mol. The SMILES string of the molecule is COC(=O)C1(CC2CCS(=O)(=O)C2)CCCCN1. The van der Waals surface area contributed by atoms with Crippen LogP contribution in [0.25, 0.3) is 0 Å². The summed E-state index contributed by atoms with van der Waals surface area (Å²) in [5.74, 6) is 0.314. The van der Waals surface area contributed by atoms with E-state index in [1.54, 1.807) is 0 Å². The van der Waals surface area contributed by atoms with Gasteiger partial charge in [-0.2, -0.15) is 0 Å². The average molecular weight is 275 g/mol. The van der Waals surface area contributed by atoms with Crippen LogP contribution in [0, 0.1) is 5.92 Å². The van der Waals surface area contributed by atoms with Crippen molar-refractivity contribution in [2.75, 3.05) is 25.2 Å². The fraction of sp³-hybridized carbons (Fsp3) is 0.917. The number of carbonyl (C=O) groups is 1. The number of piperidine rings is 1. The molecular formula is C12H21NO4S. The molecule has 0 aromatic carbocycles. The van der Waals surface area contributed by atoms with E-state index in [2.05, 4.69) is 5.32 Å². The summed E-state index contributed by atoms with van der Waals surface area (Å²) in [6, 6.07) is 0. The Labute approximate surface area is 108 Å². The van der Waals surface area contributed by atoms with E-state index in [4.69, 9.17) is 4.74 Å². The van der Waals surface area contributed by atoms with Crippen LogP contribution in [0.4, 0.5) is 0 Å². The summed E-state index contributed by atoms with van der Waals surface area (Å²) in [6.07, 6.45) is 4.04. The number of rotatable bonds is 3. The third kappa shape index (κ3) is 2.85. The second-order valence-corrected chi connectivity index (χ2v) is 7.66. The number of esters is 1. The molecule has 0 saturated carbocycles. The fourth-order valence-corrected chi connectivity index (χ4v) is 4.98. The topological polar surface area (TPSA) is 72.5 Å². The van der Waals surface area contributed by atoms with Crippen LogP contribution >= 0.6 is 0 Å². The number of carbonyl (C=O) groups excluding carboxylic acids is 1. The highest BCUT2D eigenvalue weighted by molar-refractivity contribution is 7.91. The van der Waals surface area contributed by atoms with Gasteiger partial charge in [-0.3, -0.25) is 4.79 Å². The van der Waals surface area contributed by atoms with Gasteiger partial charge >= 0.3 is 5.97 Å². The Bertz CT molecular complexity index is 412. The number of hydrogen-bond donors (Lipinski definition) is 1. The maximum absolute atomic E-state index is 12.0. The Balaban J connectivity index is 2.08. The first-order valence-corrected chi connectivity index (χ1v) is 8.33. The molecule has 2 saturated heterocycles. The lowest BCUT2D eigenvalue weighted by Crippen LogP contribution is -2.56. The molecule has 2 aliphatic rings. The van der Waals surface area contributed by atoms with E-state index in [0.717, 1.165) is 25.8 Å². The van der Waals surface area contributed by atoms with E-state index in [1.807, 2.05) is 0 Å². The van der Waals surface area contributed by atoms with Crippen molar-refractivity contribution >= 4 is 15.8 Å². The Morgan fingerprint density at radius 3 is 2.72 bits per heavy atom. The average Bonchev–Trinajstić information content (AvgIpc) is 2.68. The van der Waals surface area contributed by atoms with Gasteiger partial charge in [0, 0.05) is 0 Å². The van der Waals surface area contributed by atoms with Crippen LogP contribution in [0.15, 0.2) is 0 Å². The molecule has 0 spiro atoms. The van der Waals surface area contributed by atoms with Crippen LogP contribution < -0.4 is 5.32 Å². The van der Waals surface area contributed by atoms with Crippen LogP contribution in [-0.4, -0.2) is 45.1 Å². The van der Waals surface area contributed by atoms with E-state index in [-0.39, 0.29) is 23.4 Å². The molecule has 2 atom stereocenters. The third-order valence-corrected chi connectivity index (χ3v) is 5.87.